The molecule has 8 heteroatoms. The van der Waals surface area contributed by atoms with E-state index in [9.17, 15) is 14.0 Å². The molecule has 0 saturated carbocycles. The summed E-state index contributed by atoms with van der Waals surface area (Å²) in [7, 11) is 0. The number of nitrogens with one attached hydrogen (secondary N) is 1. The van der Waals surface area contributed by atoms with Crippen molar-refractivity contribution in [2.24, 2.45) is 5.92 Å². The highest BCUT2D eigenvalue weighted by Crippen LogP contribution is 2.32. The van der Waals surface area contributed by atoms with E-state index < -0.39 is 0 Å². The molecular weight excluding hydrogens is 361 g/mol. The van der Waals surface area contributed by atoms with Gasteiger partial charge in [-0.2, -0.15) is 0 Å². The van der Waals surface area contributed by atoms with E-state index in [1.165, 1.54) is 35.2 Å². The van der Waals surface area contributed by atoms with Crippen LogP contribution in [0.5, 0.6) is 0 Å². The largest absolute Gasteiger partial charge is 0.348 e. The molecule has 2 aliphatic heterocycles. The number of amides is 1. The van der Waals surface area contributed by atoms with Crippen molar-refractivity contribution in [3.63, 3.8) is 0 Å². The Balaban J connectivity index is 1.37. The molecule has 1 aromatic heterocycles. The lowest BCUT2D eigenvalue weighted by atomic mass is 9.96. The third-order valence-corrected chi connectivity index (χ3v) is 6.82. The summed E-state index contributed by atoms with van der Waals surface area (Å²) in [5.74, 6) is 0.478. The minimum absolute atomic E-state index is 0.00753. The van der Waals surface area contributed by atoms with Gasteiger partial charge in [-0.05, 0) is 37.5 Å². The first-order valence-corrected chi connectivity index (χ1v) is 10.2. The Labute approximate surface area is 153 Å². The SMILES string of the molecule is O=C(NC1CCSC1=O)C1CCN(c2nc3ccc(F)cc3s2)CC1. The summed E-state index contributed by atoms with van der Waals surface area (Å²) in [5, 5.41) is 3.85. The molecule has 1 atom stereocenters. The zero-order chi connectivity index (χ0) is 17.4. The molecule has 1 N–H and O–H groups in total. The number of anilines is 1. The number of benzene rings is 1. The molecule has 1 aromatic carbocycles. The number of hydrogen-bond acceptors (Lipinski definition) is 6. The molecule has 3 heterocycles. The molecular formula is C17H18FN3O2S2. The summed E-state index contributed by atoms with van der Waals surface area (Å²) < 4.78 is 14.2. The number of rotatable bonds is 3. The van der Waals surface area contributed by atoms with Gasteiger partial charge in [0.15, 0.2) is 5.13 Å². The molecule has 1 unspecified atom stereocenters. The van der Waals surface area contributed by atoms with E-state index >= 15 is 0 Å². The molecule has 4 rings (SSSR count). The van der Waals surface area contributed by atoms with Crippen LogP contribution in [0.4, 0.5) is 9.52 Å². The van der Waals surface area contributed by atoms with Crippen LogP contribution in [0.3, 0.4) is 0 Å². The average molecular weight is 379 g/mol. The number of thiazole rings is 1. The van der Waals surface area contributed by atoms with E-state index in [-0.39, 0.29) is 28.8 Å². The van der Waals surface area contributed by atoms with Crippen LogP contribution < -0.4 is 10.2 Å². The van der Waals surface area contributed by atoms with Gasteiger partial charge in [0, 0.05) is 24.8 Å². The molecule has 25 heavy (non-hydrogen) atoms. The fourth-order valence-electron chi connectivity index (χ4n) is 3.27. The van der Waals surface area contributed by atoms with Crippen LogP contribution >= 0.6 is 23.1 Å². The van der Waals surface area contributed by atoms with Crippen molar-refractivity contribution in [1.29, 1.82) is 0 Å². The average Bonchev–Trinajstić information content (AvgIpc) is 3.21. The van der Waals surface area contributed by atoms with Gasteiger partial charge in [0.2, 0.25) is 11.0 Å². The monoisotopic (exact) mass is 379 g/mol. The third-order valence-electron chi connectivity index (χ3n) is 4.73. The molecule has 2 saturated heterocycles. The highest BCUT2D eigenvalue weighted by molar-refractivity contribution is 8.14. The maximum atomic E-state index is 13.3. The van der Waals surface area contributed by atoms with Crippen LogP contribution in [0.15, 0.2) is 18.2 Å². The van der Waals surface area contributed by atoms with Gasteiger partial charge in [-0.25, -0.2) is 9.37 Å². The second-order valence-corrected chi connectivity index (χ2v) is 8.50. The van der Waals surface area contributed by atoms with E-state index in [4.69, 9.17) is 0 Å². The number of nitrogens with zero attached hydrogens (tertiary/aromatic N) is 2. The lowest BCUT2D eigenvalue weighted by Gasteiger charge is -2.31. The Morgan fingerprint density at radius 2 is 2.08 bits per heavy atom. The van der Waals surface area contributed by atoms with Gasteiger partial charge < -0.3 is 10.2 Å². The van der Waals surface area contributed by atoms with Gasteiger partial charge in [0.25, 0.3) is 0 Å². The van der Waals surface area contributed by atoms with Crippen molar-refractivity contribution in [3.8, 4) is 0 Å². The zero-order valence-corrected chi connectivity index (χ0v) is 15.2. The summed E-state index contributed by atoms with van der Waals surface area (Å²) >= 11 is 2.78. The maximum Gasteiger partial charge on any atom is 0.223 e. The Hall–Kier alpha value is -1.67. The Kier molecular flexibility index (Phi) is 4.64. The first-order valence-electron chi connectivity index (χ1n) is 8.38. The zero-order valence-electron chi connectivity index (χ0n) is 13.5. The van der Waals surface area contributed by atoms with Gasteiger partial charge in [-0.15, -0.1) is 0 Å². The van der Waals surface area contributed by atoms with Crippen molar-refractivity contribution < 1.29 is 14.0 Å². The van der Waals surface area contributed by atoms with Gasteiger partial charge in [0.1, 0.15) is 5.82 Å². The standard InChI is InChI=1S/C17H18FN3O2S2/c18-11-1-2-12-14(9-11)25-17(20-12)21-6-3-10(4-7-21)15(22)19-13-5-8-24-16(13)23/h1-2,9-10,13H,3-8H2,(H,19,22). The molecule has 0 bridgehead atoms. The quantitative estimate of drug-likeness (QED) is 0.889. The van der Waals surface area contributed by atoms with E-state index in [2.05, 4.69) is 15.2 Å². The number of carbonyl (C=O) groups is 2. The highest BCUT2D eigenvalue weighted by Gasteiger charge is 2.31. The van der Waals surface area contributed by atoms with E-state index in [1.54, 1.807) is 6.07 Å². The molecule has 0 spiro atoms. The summed E-state index contributed by atoms with van der Waals surface area (Å²) in [6, 6.07) is 4.31. The van der Waals surface area contributed by atoms with Gasteiger partial charge in [-0.3, -0.25) is 9.59 Å². The number of hydrogen-bond donors (Lipinski definition) is 1. The third kappa shape index (κ3) is 3.50. The van der Waals surface area contributed by atoms with E-state index in [1.807, 2.05) is 0 Å². The lowest BCUT2D eigenvalue weighted by molar-refractivity contribution is -0.128. The molecule has 0 radical (unpaired) electrons. The predicted molar refractivity (Wildman–Crippen MR) is 98.5 cm³/mol. The number of halogens is 1. The Bertz CT molecular complexity index is 817. The fraction of sp³-hybridized carbons (Fsp3) is 0.471. The van der Waals surface area contributed by atoms with Crippen LogP contribution in [-0.2, 0) is 9.59 Å². The number of fused-ring (bicyclic) bond motifs is 1. The van der Waals surface area contributed by atoms with Crippen LogP contribution in [0.25, 0.3) is 10.2 Å². The van der Waals surface area contributed by atoms with Gasteiger partial charge >= 0.3 is 0 Å². The van der Waals surface area contributed by atoms with Crippen LogP contribution in [-0.4, -0.2) is 40.9 Å². The van der Waals surface area contributed by atoms with Gasteiger partial charge in [-0.1, -0.05) is 23.1 Å². The van der Waals surface area contributed by atoms with E-state index in [0.717, 1.165) is 53.5 Å². The Morgan fingerprint density at radius 3 is 2.80 bits per heavy atom. The van der Waals surface area contributed by atoms with E-state index in [0.29, 0.717) is 0 Å². The summed E-state index contributed by atoms with van der Waals surface area (Å²) in [4.78, 5) is 30.7. The highest BCUT2D eigenvalue weighted by atomic mass is 32.2. The maximum absolute atomic E-state index is 13.3. The summed E-state index contributed by atoms with van der Waals surface area (Å²) in [6.07, 6.45) is 2.21. The number of carbonyl (C=O) groups excluding carboxylic acids is 2. The van der Waals surface area contributed by atoms with Crippen molar-refractivity contribution in [2.75, 3.05) is 23.7 Å². The van der Waals surface area contributed by atoms with Crippen LogP contribution in [0.1, 0.15) is 19.3 Å². The van der Waals surface area contributed by atoms with Crippen molar-refractivity contribution in [3.05, 3.63) is 24.0 Å². The summed E-state index contributed by atoms with van der Waals surface area (Å²) in [6.45, 7) is 1.49. The summed E-state index contributed by atoms with van der Waals surface area (Å²) in [5.41, 5.74) is 0.804. The minimum atomic E-state index is -0.310. The molecule has 2 fully saturated rings. The second-order valence-electron chi connectivity index (χ2n) is 6.39. The van der Waals surface area contributed by atoms with Gasteiger partial charge in [0.05, 0.1) is 16.3 Å². The van der Waals surface area contributed by atoms with Crippen LogP contribution in [0.2, 0.25) is 0 Å². The fourth-order valence-corrected chi connectivity index (χ4v) is 5.25. The number of piperidine rings is 1. The predicted octanol–water partition coefficient (Wildman–Crippen LogP) is 2.80. The van der Waals surface area contributed by atoms with Crippen molar-refractivity contribution in [2.45, 2.75) is 25.3 Å². The second kappa shape index (κ2) is 6.92. The first kappa shape index (κ1) is 16.8. The smallest absolute Gasteiger partial charge is 0.223 e. The normalized spacial score (nSPS) is 21.9. The number of thioether (sulfide) groups is 1. The topological polar surface area (TPSA) is 62.3 Å². The van der Waals surface area contributed by atoms with Crippen molar-refractivity contribution >= 4 is 49.5 Å². The first-order chi connectivity index (χ1) is 12.1. The van der Waals surface area contributed by atoms with Crippen molar-refractivity contribution in [1.82, 2.24) is 10.3 Å². The molecule has 5 nitrogen and oxygen atoms in total. The Morgan fingerprint density at radius 1 is 1.28 bits per heavy atom. The molecule has 132 valence electrons. The number of aromatic nitrogens is 1. The van der Waals surface area contributed by atoms with Crippen LogP contribution in [0, 0.1) is 11.7 Å². The minimum Gasteiger partial charge on any atom is -0.348 e. The molecule has 1 amide bonds. The molecule has 2 aromatic rings. The molecule has 2 aliphatic rings. The molecule has 0 aliphatic carbocycles. The lowest BCUT2D eigenvalue weighted by Crippen LogP contribution is -2.45.